The fraction of sp³-hybridized carbons (Fsp3) is 0.105. The van der Waals surface area contributed by atoms with Crippen molar-refractivity contribution >= 4 is 32.4 Å². The van der Waals surface area contributed by atoms with Crippen LogP contribution in [-0.4, -0.2) is 30.1 Å². The zero-order valence-electron chi connectivity index (χ0n) is 15.2. The van der Waals surface area contributed by atoms with Gasteiger partial charge in [0.15, 0.2) is 0 Å². The molecule has 4 aromatic rings. The van der Waals surface area contributed by atoms with Crippen molar-refractivity contribution in [3.8, 4) is 28.7 Å². The molecule has 4 rings (SSSR count). The molecule has 0 radical (unpaired) electrons. The lowest BCUT2D eigenvalue weighted by molar-refractivity contribution is 0.341. The lowest BCUT2D eigenvalue weighted by Crippen LogP contribution is -2.12. The highest BCUT2D eigenvalue weighted by atomic mass is 35.5. The van der Waals surface area contributed by atoms with Gasteiger partial charge in [-0.1, -0.05) is 28.9 Å². The van der Waals surface area contributed by atoms with E-state index in [9.17, 15) is 8.42 Å². The molecular formula is C19H15ClN4O4S. The molecule has 2 aromatic carbocycles. The number of sulfonamides is 1. The van der Waals surface area contributed by atoms with Crippen molar-refractivity contribution in [2.24, 2.45) is 5.14 Å². The molecular weight excluding hydrogens is 416 g/mol. The van der Waals surface area contributed by atoms with Gasteiger partial charge in [-0.3, -0.25) is 4.98 Å². The SMILES string of the molecule is CCOc1cc(Cl)ccc1-c1noc(-c2nccc3c(S(N)(=O)=O)cccc23)n1. The maximum Gasteiger partial charge on any atom is 0.277 e. The third kappa shape index (κ3) is 3.67. The first-order chi connectivity index (χ1) is 13.9. The fourth-order valence-corrected chi connectivity index (χ4v) is 3.90. The molecule has 0 spiro atoms. The van der Waals surface area contributed by atoms with Crippen LogP contribution < -0.4 is 9.88 Å². The lowest BCUT2D eigenvalue weighted by atomic mass is 10.1. The second-order valence-electron chi connectivity index (χ2n) is 6.05. The van der Waals surface area contributed by atoms with Gasteiger partial charge >= 0.3 is 0 Å². The Morgan fingerprint density at radius 3 is 2.76 bits per heavy atom. The molecule has 29 heavy (non-hydrogen) atoms. The van der Waals surface area contributed by atoms with Crippen LogP contribution in [0.2, 0.25) is 5.02 Å². The van der Waals surface area contributed by atoms with Gasteiger partial charge in [-0.15, -0.1) is 0 Å². The Bertz CT molecular complexity index is 1320. The Morgan fingerprint density at radius 2 is 2.00 bits per heavy atom. The predicted molar refractivity (Wildman–Crippen MR) is 108 cm³/mol. The summed E-state index contributed by atoms with van der Waals surface area (Å²) in [5.74, 6) is 0.950. The normalized spacial score (nSPS) is 11.7. The van der Waals surface area contributed by atoms with Gasteiger partial charge in [-0.05, 0) is 37.3 Å². The van der Waals surface area contributed by atoms with Crippen LogP contribution in [0.1, 0.15) is 6.92 Å². The molecule has 0 atom stereocenters. The summed E-state index contributed by atoms with van der Waals surface area (Å²) in [6.45, 7) is 2.30. The number of nitrogens with two attached hydrogens (primary N) is 1. The maximum absolute atomic E-state index is 11.9. The van der Waals surface area contributed by atoms with Gasteiger partial charge in [0.25, 0.3) is 5.89 Å². The molecule has 10 heteroatoms. The zero-order valence-corrected chi connectivity index (χ0v) is 16.7. The first kappa shape index (κ1) is 19.3. The quantitative estimate of drug-likeness (QED) is 0.512. The van der Waals surface area contributed by atoms with Crippen LogP contribution in [0, 0.1) is 0 Å². The van der Waals surface area contributed by atoms with E-state index in [1.807, 2.05) is 6.92 Å². The summed E-state index contributed by atoms with van der Waals surface area (Å²) in [5, 5.41) is 10.8. The van der Waals surface area contributed by atoms with Crippen LogP contribution in [-0.2, 0) is 10.0 Å². The highest BCUT2D eigenvalue weighted by Crippen LogP contribution is 2.34. The van der Waals surface area contributed by atoms with Crippen molar-refractivity contribution < 1.29 is 17.7 Å². The molecule has 0 saturated carbocycles. The zero-order chi connectivity index (χ0) is 20.6. The van der Waals surface area contributed by atoms with E-state index in [2.05, 4.69) is 15.1 Å². The van der Waals surface area contributed by atoms with Crippen LogP contribution >= 0.6 is 11.6 Å². The number of pyridine rings is 1. The molecule has 2 aromatic heterocycles. The Morgan fingerprint density at radius 1 is 1.17 bits per heavy atom. The first-order valence-electron chi connectivity index (χ1n) is 8.56. The average Bonchev–Trinajstić information content (AvgIpc) is 3.16. The molecule has 2 heterocycles. The highest BCUT2D eigenvalue weighted by molar-refractivity contribution is 7.89. The second-order valence-corrected chi connectivity index (χ2v) is 8.02. The first-order valence-corrected chi connectivity index (χ1v) is 10.5. The molecule has 0 amide bonds. The van der Waals surface area contributed by atoms with E-state index < -0.39 is 10.0 Å². The summed E-state index contributed by atoms with van der Waals surface area (Å²) in [6.07, 6.45) is 1.46. The largest absolute Gasteiger partial charge is 0.493 e. The highest BCUT2D eigenvalue weighted by Gasteiger charge is 2.20. The Kier molecular flexibility index (Phi) is 4.95. The Hall–Kier alpha value is -3.01. The van der Waals surface area contributed by atoms with Crippen molar-refractivity contribution in [3.63, 3.8) is 0 Å². The minimum Gasteiger partial charge on any atom is -0.493 e. The van der Waals surface area contributed by atoms with Crippen LogP contribution in [0.5, 0.6) is 5.75 Å². The van der Waals surface area contributed by atoms with Crippen molar-refractivity contribution in [2.45, 2.75) is 11.8 Å². The topological polar surface area (TPSA) is 121 Å². The molecule has 0 unspecified atom stereocenters. The molecule has 0 fully saturated rings. The Labute approximate surface area is 171 Å². The van der Waals surface area contributed by atoms with Crippen LogP contribution in [0.4, 0.5) is 0 Å². The van der Waals surface area contributed by atoms with E-state index in [4.69, 9.17) is 26.0 Å². The van der Waals surface area contributed by atoms with Gasteiger partial charge in [-0.2, -0.15) is 4.98 Å². The van der Waals surface area contributed by atoms with Crippen molar-refractivity contribution in [3.05, 3.63) is 53.7 Å². The van der Waals surface area contributed by atoms with E-state index in [0.29, 0.717) is 45.2 Å². The van der Waals surface area contributed by atoms with Gasteiger partial charge in [0.1, 0.15) is 11.4 Å². The van der Waals surface area contributed by atoms with Crippen molar-refractivity contribution in [2.75, 3.05) is 6.61 Å². The predicted octanol–water partition coefficient (Wildman–Crippen LogP) is 3.65. The summed E-state index contributed by atoms with van der Waals surface area (Å²) in [7, 11) is -3.91. The lowest BCUT2D eigenvalue weighted by Gasteiger charge is -2.07. The molecule has 0 aliphatic heterocycles. The number of rotatable bonds is 5. The molecule has 0 bridgehead atoms. The van der Waals surface area contributed by atoms with Gasteiger partial charge in [0.2, 0.25) is 15.8 Å². The van der Waals surface area contributed by atoms with E-state index in [0.717, 1.165) is 0 Å². The van der Waals surface area contributed by atoms with E-state index in [1.165, 1.54) is 12.3 Å². The third-order valence-electron chi connectivity index (χ3n) is 4.19. The molecule has 148 valence electrons. The number of hydrogen-bond donors (Lipinski definition) is 1. The standard InChI is InChI=1S/C19H15ClN4O4S/c1-2-27-15-10-11(20)6-7-14(15)18-23-19(28-24-18)17-13-4-3-5-16(29(21,25)26)12(13)8-9-22-17/h3-10H,2H2,1H3,(H2,21,25,26). The number of fused-ring (bicyclic) bond motifs is 1. The summed E-state index contributed by atoms with van der Waals surface area (Å²) < 4.78 is 34.8. The van der Waals surface area contributed by atoms with Crippen molar-refractivity contribution in [1.82, 2.24) is 15.1 Å². The Balaban J connectivity index is 1.85. The fourth-order valence-electron chi connectivity index (χ4n) is 2.98. The summed E-state index contributed by atoms with van der Waals surface area (Å²) >= 11 is 6.04. The second kappa shape index (κ2) is 7.43. The third-order valence-corrected chi connectivity index (χ3v) is 5.39. The minimum atomic E-state index is -3.91. The van der Waals surface area contributed by atoms with E-state index in [1.54, 1.807) is 36.4 Å². The molecule has 0 aliphatic carbocycles. The summed E-state index contributed by atoms with van der Waals surface area (Å²) in [4.78, 5) is 8.71. The monoisotopic (exact) mass is 430 g/mol. The molecule has 2 N–H and O–H groups in total. The van der Waals surface area contributed by atoms with E-state index >= 15 is 0 Å². The number of hydrogen-bond acceptors (Lipinski definition) is 7. The number of nitrogens with zero attached hydrogens (tertiary/aromatic N) is 3. The van der Waals surface area contributed by atoms with Gasteiger partial charge in [0, 0.05) is 22.0 Å². The maximum atomic E-state index is 11.9. The molecule has 0 aliphatic rings. The summed E-state index contributed by atoms with van der Waals surface area (Å²) in [6, 6.07) is 11.4. The van der Waals surface area contributed by atoms with Gasteiger partial charge in [0.05, 0.1) is 17.1 Å². The average molecular weight is 431 g/mol. The number of primary sulfonamides is 1. The van der Waals surface area contributed by atoms with Gasteiger partial charge in [-0.25, -0.2) is 13.6 Å². The molecule has 0 saturated heterocycles. The van der Waals surface area contributed by atoms with Crippen LogP contribution in [0.15, 0.2) is 58.1 Å². The van der Waals surface area contributed by atoms with E-state index in [-0.39, 0.29) is 10.8 Å². The van der Waals surface area contributed by atoms with Crippen LogP contribution in [0.25, 0.3) is 33.7 Å². The summed E-state index contributed by atoms with van der Waals surface area (Å²) in [5.41, 5.74) is 0.954. The number of halogens is 1. The van der Waals surface area contributed by atoms with Gasteiger partial charge < -0.3 is 9.26 Å². The number of ether oxygens (including phenoxy) is 1. The van der Waals surface area contributed by atoms with Crippen LogP contribution in [0.3, 0.4) is 0 Å². The molecule has 8 nitrogen and oxygen atoms in total. The smallest absolute Gasteiger partial charge is 0.277 e. The number of aromatic nitrogens is 3. The number of benzene rings is 2. The van der Waals surface area contributed by atoms with Crippen molar-refractivity contribution in [1.29, 1.82) is 0 Å². The minimum absolute atomic E-state index is 0.00489.